The molecule has 0 saturated carbocycles. The number of hydrogen-bond acceptors (Lipinski definition) is 2. The molecule has 1 aliphatic heterocycles. The average Bonchev–Trinajstić information content (AvgIpc) is 2.19. The Balaban J connectivity index is 2.12. The molecule has 1 fully saturated rings. The van der Waals surface area contributed by atoms with Gasteiger partial charge in [0.1, 0.15) is 0 Å². The van der Waals surface area contributed by atoms with Crippen molar-refractivity contribution in [3.63, 3.8) is 0 Å². The zero-order valence-electron chi connectivity index (χ0n) is 8.73. The lowest BCUT2D eigenvalue weighted by molar-refractivity contribution is -0.0207. The van der Waals surface area contributed by atoms with E-state index in [0.29, 0.717) is 12.1 Å². The average molecular weight is 191 g/mol. The Kier molecular flexibility index (Phi) is 2.85. The second kappa shape index (κ2) is 4.11. The van der Waals surface area contributed by atoms with Gasteiger partial charge in [-0.2, -0.15) is 0 Å². The summed E-state index contributed by atoms with van der Waals surface area (Å²) in [5.74, 6) is 0. The van der Waals surface area contributed by atoms with Gasteiger partial charge in [0.05, 0.1) is 12.7 Å². The number of rotatable bonds is 1. The summed E-state index contributed by atoms with van der Waals surface area (Å²) >= 11 is 0. The van der Waals surface area contributed by atoms with Crippen LogP contribution in [-0.4, -0.2) is 18.7 Å². The zero-order chi connectivity index (χ0) is 9.97. The predicted molar refractivity (Wildman–Crippen MR) is 57.2 cm³/mol. The van der Waals surface area contributed by atoms with E-state index < -0.39 is 0 Å². The smallest absolute Gasteiger partial charge is 0.0975 e. The fourth-order valence-electron chi connectivity index (χ4n) is 2.00. The van der Waals surface area contributed by atoms with Gasteiger partial charge in [-0.3, -0.25) is 0 Å². The molecule has 0 aromatic heterocycles. The van der Waals surface area contributed by atoms with E-state index in [0.717, 1.165) is 6.61 Å². The topological polar surface area (TPSA) is 21.3 Å². The summed E-state index contributed by atoms with van der Waals surface area (Å²) in [6, 6.07) is 11.3. The van der Waals surface area contributed by atoms with Gasteiger partial charge >= 0.3 is 0 Å². The van der Waals surface area contributed by atoms with Crippen LogP contribution in [0.3, 0.4) is 0 Å². The van der Waals surface area contributed by atoms with E-state index >= 15 is 0 Å². The minimum atomic E-state index is 0.201. The van der Waals surface area contributed by atoms with Gasteiger partial charge in [0.2, 0.25) is 0 Å². The molecule has 1 aliphatic rings. The number of ether oxygens (including phenoxy) is 1. The summed E-state index contributed by atoms with van der Waals surface area (Å²) in [6.07, 6.45) is 0.201. The minimum Gasteiger partial charge on any atom is -0.370 e. The van der Waals surface area contributed by atoms with Crippen molar-refractivity contribution in [2.24, 2.45) is 0 Å². The summed E-state index contributed by atoms with van der Waals surface area (Å²) in [5, 5.41) is 3.50. The molecule has 2 heteroatoms. The Morgan fingerprint density at radius 3 is 2.57 bits per heavy atom. The molecule has 1 heterocycles. The van der Waals surface area contributed by atoms with Crippen LogP contribution in [-0.2, 0) is 4.74 Å². The van der Waals surface area contributed by atoms with E-state index in [4.69, 9.17) is 4.74 Å². The molecule has 1 aromatic carbocycles. The first kappa shape index (κ1) is 9.69. The van der Waals surface area contributed by atoms with E-state index in [1.54, 1.807) is 0 Å². The van der Waals surface area contributed by atoms with Crippen LogP contribution in [0.15, 0.2) is 30.3 Å². The van der Waals surface area contributed by atoms with Crippen molar-refractivity contribution in [3.05, 3.63) is 35.9 Å². The molecule has 1 saturated heterocycles. The van der Waals surface area contributed by atoms with Crippen molar-refractivity contribution in [2.75, 3.05) is 6.61 Å². The Labute approximate surface area is 85.3 Å². The summed E-state index contributed by atoms with van der Waals surface area (Å²) in [7, 11) is 0. The van der Waals surface area contributed by atoms with Crippen molar-refractivity contribution >= 4 is 0 Å². The summed E-state index contributed by atoms with van der Waals surface area (Å²) in [4.78, 5) is 0. The first-order valence-corrected chi connectivity index (χ1v) is 5.20. The maximum atomic E-state index is 5.83. The van der Waals surface area contributed by atoms with Crippen molar-refractivity contribution in [1.29, 1.82) is 0 Å². The van der Waals surface area contributed by atoms with E-state index in [-0.39, 0.29) is 6.10 Å². The third kappa shape index (κ3) is 1.97. The van der Waals surface area contributed by atoms with Crippen molar-refractivity contribution < 1.29 is 4.74 Å². The van der Waals surface area contributed by atoms with E-state index in [2.05, 4.69) is 43.4 Å². The largest absolute Gasteiger partial charge is 0.370 e. The zero-order valence-corrected chi connectivity index (χ0v) is 8.73. The van der Waals surface area contributed by atoms with Crippen LogP contribution < -0.4 is 5.32 Å². The van der Waals surface area contributed by atoms with Gasteiger partial charge in [0.25, 0.3) is 0 Å². The molecule has 0 bridgehead atoms. The van der Waals surface area contributed by atoms with Gasteiger partial charge in [0, 0.05) is 12.1 Å². The monoisotopic (exact) mass is 191 g/mol. The van der Waals surface area contributed by atoms with E-state index in [1.165, 1.54) is 5.56 Å². The van der Waals surface area contributed by atoms with Crippen LogP contribution in [0.2, 0.25) is 0 Å². The number of morpholine rings is 1. The SMILES string of the molecule is C[C@@H]1CO[C@H](c2ccccc2)[C@@H](C)N1. The third-order valence-electron chi connectivity index (χ3n) is 2.66. The van der Waals surface area contributed by atoms with Crippen LogP contribution in [0.1, 0.15) is 25.5 Å². The molecular formula is C12H17NO. The van der Waals surface area contributed by atoms with Gasteiger partial charge < -0.3 is 10.1 Å². The first-order valence-electron chi connectivity index (χ1n) is 5.20. The molecule has 2 rings (SSSR count). The predicted octanol–water partition coefficient (Wildman–Crippen LogP) is 2.12. The Hall–Kier alpha value is -0.860. The van der Waals surface area contributed by atoms with Gasteiger partial charge in [-0.25, -0.2) is 0 Å². The van der Waals surface area contributed by atoms with E-state index in [9.17, 15) is 0 Å². The second-order valence-corrected chi connectivity index (χ2v) is 4.02. The number of benzene rings is 1. The molecule has 0 spiro atoms. The molecule has 14 heavy (non-hydrogen) atoms. The van der Waals surface area contributed by atoms with Crippen LogP contribution in [0.4, 0.5) is 0 Å². The van der Waals surface area contributed by atoms with Crippen LogP contribution in [0.5, 0.6) is 0 Å². The maximum Gasteiger partial charge on any atom is 0.0975 e. The van der Waals surface area contributed by atoms with Crippen molar-refractivity contribution in [2.45, 2.75) is 32.0 Å². The number of nitrogens with one attached hydrogen (secondary N) is 1. The molecule has 0 unspecified atom stereocenters. The van der Waals surface area contributed by atoms with Crippen molar-refractivity contribution in [3.8, 4) is 0 Å². The van der Waals surface area contributed by atoms with E-state index in [1.807, 2.05) is 6.07 Å². The Bertz CT molecular complexity index is 286. The Morgan fingerprint density at radius 1 is 1.21 bits per heavy atom. The first-order chi connectivity index (χ1) is 6.77. The highest BCUT2D eigenvalue weighted by molar-refractivity contribution is 5.19. The third-order valence-corrected chi connectivity index (χ3v) is 2.66. The van der Waals surface area contributed by atoms with Gasteiger partial charge in [-0.1, -0.05) is 30.3 Å². The van der Waals surface area contributed by atoms with Gasteiger partial charge in [-0.05, 0) is 19.4 Å². The van der Waals surface area contributed by atoms with Crippen LogP contribution in [0, 0.1) is 0 Å². The maximum absolute atomic E-state index is 5.83. The highest BCUT2D eigenvalue weighted by Gasteiger charge is 2.26. The van der Waals surface area contributed by atoms with Crippen LogP contribution in [0.25, 0.3) is 0 Å². The fourth-order valence-corrected chi connectivity index (χ4v) is 2.00. The lowest BCUT2D eigenvalue weighted by Crippen LogP contribution is -2.47. The summed E-state index contributed by atoms with van der Waals surface area (Å²) in [6.45, 7) is 5.12. The summed E-state index contributed by atoms with van der Waals surface area (Å²) < 4.78 is 5.83. The molecule has 0 radical (unpaired) electrons. The lowest BCUT2D eigenvalue weighted by Gasteiger charge is -2.34. The number of hydrogen-bond donors (Lipinski definition) is 1. The highest BCUT2D eigenvalue weighted by atomic mass is 16.5. The Morgan fingerprint density at radius 2 is 1.93 bits per heavy atom. The molecule has 2 nitrogen and oxygen atoms in total. The minimum absolute atomic E-state index is 0.201. The molecule has 76 valence electrons. The normalized spacial score (nSPS) is 32.9. The molecule has 0 amide bonds. The highest BCUT2D eigenvalue weighted by Crippen LogP contribution is 2.24. The van der Waals surface area contributed by atoms with Crippen molar-refractivity contribution in [1.82, 2.24) is 5.32 Å². The molecule has 1 aromatic rings. The quantitative estimate of drug-likeness (QED) is 0.734. The molecule has 0 aliphatic carbocycles. The van der Waals surface area contributed by atoms with Gasteiger partial charge in [0.15, 0.2) is 0 Å². The molecular weight excluding hydrogens is 174 g/mol. The van der Waals surface area contributed by atoms with Crippen LogP contribution >= 0.6 is 0 Å². The standard InChI is InChI=1S/C12H17NO/c1-9-8-14-12(10(2)13-9)11-6-4-3-5-7-11/h3-7,9-10,12-13H,8H2,1-2H3/t9-,10-,12+/m1/s1. The summed E-state index contributed by atoms with van der Waals surface area (Å²) in [5.41, 5.74) is 1.26. The molecule has 1 N–H and O–H groups in total. The molecule has 3 atom stereocenters. The van der Waals surface area contributed by atoms with Gasteiger partial charge in [-0.15, -0.1) is 0 Å². The fraction of sp³-hybridized carbons (Fsp3) is 0.500. The lowest BCUT2D eigenvalue weighted by atomic mass is 10.0. The second-order valence-electron chi connectivity index (χ2n) is 4.02.